The lowest BCUT2D eigenvalue weighted by Crippen LogP contribution is -2.31. The highest BCUT2D eigenvalue weighted by molar-refractivity contribution is 5.47. The number of rotatable bonds is 7. The fourth-order valence-corrected chi connectivity index (χ4v) is 2.23. The van der Waals surface area contributed by atoms with E-state index in [1.54, 1.807) is 0 Å². The van der Waals surface area contributed by atoms with Crippen LogP contribution in [0.4, 0.5) is 5.82 Å². The summed E-state index contributed by atoms with van der Waals surface area (Å²) in [4.78, 5) is 7.05. The summed E-state index contributed by atoms with van der Waals surface area (Å²) in [7, 11) is 0. The molecule has 0 aliphatic carbocycles. The molecule has 1 aromatic heterocycles. The monoisotopic (exact) mass is 249 g/mol. The molecule has 2 N–H and O–H groups in total. The lowest BCUT2D eigenvalue weighted by molar-refractivity contribution is 0.484. The van der Waals surface area contributed by atoms with Crippen molar-refractivity contribution in [3.05, 3.63) is 23.4 Å². The van der Waals surface area contributed by atoms with Gasteiger partial charge in [0.2, 0.25) is 0 Å². The lowest BCUT2D eigenvalue weighted by Gasteiger charge is -2.28. The molecule has 0 saturated carbocycles. The van der Waals surface area contributed by atoms with Gasteiger partial charge in [-0.05, 0) is 25.8 Å². The highest BCUT2D eigenvalue weighted by Gasteiger charge is 2.14. The summed E-state index contributed by atoms with van der Waals surface area (Å²) in [6.07, 6.45) is 2.44. The molecule has 1 aromatic rings. The SMILES string of the molecule is CCC(CC)CN(CC)c1nc(C)ccc1CN. The Morgan fingerprint density at radius 2 is 1.89 bits per heavy atom. The predicted octanol–water partition coefficient (Wildman–Crippen LogP) is 3.11. The van der Waals surface area contributed by atoms with E-state index in [1.807, 2.05) is 13.0 Å². The Balaban J connectivity index is 2.96. The first kappa shape index (κ1) is 15.0. The first-order chi connectivity index (χ1) is 8.65. The molecule has 3 nitrogen and oxygen atoms in total. The molecule has 0 saturated heterocycles. The molecule has 18 heavy (non-hydrogen) atoms. The van der Waals surface area contributed by atoms with Crippen LogP contribution in [-0.2, 0) is 6.54 Å². The second-order valence-corrected chi connectivity index (χ2v) is 4.86. The van der Waals surface area contributed by atoms with Crippen LogP contribution in [-0.4, -0.2) is 18.1 Å². The average Bonchev–Trinajstić information content (AvgIpc) is 2.40. The van der Waals surface area contributed by atoms with Gasteiger partial charge >= 0.3 is 0 Å². The van der Waals surface area contributed by atoms with E-state index in [0.29, 0.717) is 6.54 Å². The minimum Gasteiger partial charge on any atom is -0.356 e. The Morgan fingerprint density at radius 3 is 2.39 bits per heavy atom. The van der Waals surface area contributed by atoms with Crippen LogP contribution in [0.25, 0.3) is 0 Å². The number of nitrogens with zero attached hydrogens (tertiary/aromatic N) is 2. The summed E-state index contributed by atoms with van der Waals surface area (Å²) >= 11 is 0. The van der Waals surface area contributed by atoms with E-state index in [0.717, 1.165) is 36.1 Å². The minimum atomic E-state index is 0.558. The average molecular weight is 249 g/mol. The third-order valence-electron chi connectivity index (χ3n) is 3.63. The number of hydrogen-bond acceptors (Lipinski definition) is 3. The van der Waals surface area contributed by atoms with Gasteiger partial charge in [0.25, 0.3) is 0 Å². The van der Waals surface area contributed by atoms with Gasteiger partial charge in [-0.25, -0.2) is 4.98 Å². The minimum absolute atomic E-state index is 0.558. The Hall–Kier alpha value is -1.09. The van der Waals surface area contributed by atoms with Gasteiger partial charge in [-0.1, -0.05) is 32.8 Å². The molecule has 0 radical (unpaired) electrons. The summed E-state index contributed by atoms with van der Waals surface area (Å²) in [6.45, 7) is 11.4. The molecule has 0 amide bonds. The second-order valence-electron chi connectivity index (χ2n) is 4.86. The number of anilines is 1. The molecule has 1 heterocycles. The molecule has 0 bridgehead atoms. The zero-order chi connectivity index (χ0) is 13.5. The van der Waals surface area contributed by atoms with Crippen molar-refractivity contribution < 1.29 is 0 Å². The molecule has 0 aromatic carbocycles. The number of hydrogen-bond donors (Lipinski definition) is 1. The maximum atomic E-state index is 5.82. The van der Waals surface area contributed by atoms with Crippen molar-refractivity contribution in [2.24, 2.45) is 11.7 Å². The lowest BCUT2D eigenvalue weighted by atomic mass is 10.0. The quantitative estimate of drug-likeness (QED) is 0.807. The molecule has 0 aliphatic rings. The van der Waals surface area contributed by atoms with Gasteiger partial charge < -0.3 is 10.6 Å². The topological polar surface area (TPSA) is 42.2 Å². The van der Waals surface area contributed by atoms with Crippen LogP contribution in [0.15, 0.2) is 12.1 Å². The smallest absolute Gasteiger partial charge is 0.133 e. The highest BCUT2D eigenvalue weighted by Crippen LogP contribution is 2.21. The van der Waals surface area contributed by atoms with Crippen molar-refractivity contribution in [2.45, 2.75) is 47.1 Å². The van der Waals surface area contributed by atoms with Gasteiger partial charge in [-0.3, -0.25) is 0 Å². The zero-order valence-electron chi connectivity index (χ0n) is 12.2. The van der Waals surface area contributed by atoms with Crippen LogP contribution >= 0.6 is 0 Å². The summed E-state index contributed by atoms with van der Waals surface area (Å²) in [5.41, 5.74) is 8.03. The third kappa shape index (κ3) is 3.70. The van der Waals surface area contributed by atoms with Crippen molar-refractivity contribution in [3.8, 4) is 0 Å². The summed E-state index contributed by atoms with van der Waals surface area (Å²) in [5, 5.41) is 0. The largest absolute Gasteiger partial charge is 0.356 e. The van der Waals surface area contributed by atoms with E-state index in [2.05, 4.69) is 36.7 Å². The van der Waals surface area contributed by atoms with Crippen LogP contribution in [0.5, 0.6) is 0 Å². The number of aromatic nitrogens is 1. The Bertz CT molecular complexity index is 359. The fraction of sp³-hybridized carbons (Fsp3) is 0.667. The molecule has 102 valence electrons. The standard InChI is InChI=1S/C15H27N3/c1-5-13(6-2)11-18(7-3)15-14(10-16)9-8-12(4)17-15/h8-9,13H,5-7,10-11,16H2,1-4H3. The number of aryl methyl sites for hydroxylation is 1. The summed E-state index contributed by atoms with van der Waals surface area (Å²) < 4.78 is 0. The van der Waals surface area contributed by atoms with Crippen LogP contribution in [0.3, 0.4) is 0 Å². The van der Waals surface area contributed by atoms with Gasteiger partial charge in [-0.15, -0.1) is 0 Å². The molecule has 0 aliphatic heterocycles. The van der Waals surface area contributed by atoms with Crippen molar-refractivity contribution in [2.75, 3.05) is 18.0 Å². The molecule has 0 unspecified atom stereocenters. The van der Waals surface area contributed by atoms with Crippen LogP contribution in [0.1, 0.15) is 44.9 Å². The van der Waals surface area contributed by atoms with Gasteiger partial charge in [0.15, 0.2) is 0 Å². The summed E-state index contributed by atoms with van der Waals surface area (Å²) in [6, 6.07) is 4.14. The van der Waals surface area contributed by atoms with E-state index in [9.17, 15) is 0 Å². The van der Waals surface area contributed by atoms with Gasteiger partial charge in [0, 0.05) is 30.9 Å². The van der Waals surface area contributed by atoms with Crippen molar-refractivity contribution >= 4 is 5.82 Å². The van der Waals surface area contributed by atoms with Crippen LogP contribution in [0.2, 0.25) is 0 Å². The van der Waals surface area contributed by atoms with Gasteiger partial charge in [0.05, 0.1) is 0 Å². The van der Waals surface area contributed by atoms with Crippen LogP contribution in [0, 0.1) is 12.8 Å². The van der Waals surface area contributed by atoms with E-state index < -0.39 is 0 Å². The Morgan fingerprint density at radius 1 is 1.22 bits per heavy atom. The van der Waals surface area contributed by atoms with Gasteiger partial charge in [0.1, 0.15) is 5.82 Å². The second kappa shape index (κ2) is 7.37. The highest BCUT2D eigenvalue weighted by atomic mass is 15.2. The summed E-state index contributed by atoms with van der Waals surface area (Å²) in [5.74, 6) is 1.81. The maximum absolute atomic E-state index is 5.82. The first-order valence-corrected chi connectivity index (χ1v) is 7.07. The van der Waals surface area contributed by atoms with E-state index in [1.165, 1.54) is 12.8 Å². The molecule has 3 heteroatoms. The maximum Gasteiger partial charge on any atom is 0.133 e. The normalized spacial score (nSPS) is 11.0. The first-order valence-electron chi connectivity index (χ1n) is 7.07. The van der Waals surface area contributed by atoms with Gasteiger partial charge in [-0.2, -0.15) is 0 Å². The number of pyridine rings is 1. The molecule has 0 atom stereocenters. The number of nitrogens with two attached hydrogens (primary N) is 1. The predicted molar refractivity (Wildman–Crippen MR) is 78.8 cm³/mol. The molecule has 0 fully saturated rings. The van der Waals surface area contributed by atoms with E-state index >= 15 is 0 Å². The van der Waals surface area contributed by atoms with E-state index in [4.69, 9.17) is 5.73 Å². The Kier molecular flexibility index (Phi) is 6.13. The molecule has 1 rings (SSSR count). The fourth-order valence-electron chi connectivity index (χ4n) is 2.23. The van der Waals surface area contributed by atoms with Crippen LogP contribution < -0.4 is 10.6 Å². The van der Waals surface area contributed by atoms with Crippen molar-refractivity contribution in [1.82, 2.24) is 4.98 Å². The zero-order valence-corrected chi connectivity index (χ0v) is 12.2. The molecule has 0 spiro atoms. The third-order valence-corrected chi connectivity index (χ3v) is 3.63. The molecular weight excluding hydrogens is 222 g/mol. The van der Waals surface area contributed by atoms with Crippen molar-refractivity contribution in [1.29, 1.82) is 0 Å². The van der Waals surface area contributed by atoms with E-state index in [-0.39, 0.29) is 0 Å². The Labute approximate surface area is 111 Å². The molecular formula is C15H27N3. The van der Waals surface area contributed by atoms with Crippen molar-refractivity contribution in [3.63, 3.8) is 0 Å².